The second-order valence-electron chi connectivity index (χ2n) is 7.22. The van der Waals surface area contributed by atoms with Gasteiger partial charge in [0.15, 0.2) is 5.78 Å². The van der Waals surface area contributed by atoms with E-state index in [-0.39, 0.29) is 5.78 Å². The average molecular weight is 396 g/mol. The third-order valence-corrected chi connectivity index (χ3v) is 6.23. The summed E-state index contributed by atoms with van der Waals surface area (Å²) in [5.41, 5.74) is 4.90. The van der Waals surface area contributed by atoms with E-state index in [0.717, 1.165) is 38.1 Å². The number of Topliss-reactive ketones (excluding diaryl/α,β-unsaturated/α-hetero) is 1. The summed E-state index contributed by atoms with van der Waals surface area (Å²) in [5, 5.41) is 0. The van der Waals surface area contributed by atoms with Crippen molar-refractivity contribution in [3.05, 3.63) is 47.2 Å². The summed E-state index contributed by atoms with van der Waals surface area (Å²) >= 11 is 1.68. The standard InChI is InChI=1S/C21H25N5OS/c1-3-4-19(27)17-12-22-21(23-13-17)26-9-7-25(8-10-26)15(2)16-5-6-20-18(11-16)24-14-28-20/h5-6,11-15H,3-4,7-10H2,1-2H3. The number of ketones is 1. The minimum Gasteiger partial charge on any atom is -0.338 e. The molecule has 3 aromatic rings. The molecule has 0 aliphatic carbocycles. The minimum absolute atomic E-state index is 0.116. The number of carbonyl (C=O) groups is 1. The maximum atomic E-state index is 11.9. The number of aromatic nitrogens is 3. The first-order chi connectivity index (χ1) is 13.7. The van der Waals surface area contributed by atoms with Gasteiger partial charge in [-0.15, -0.1) is 11.3 Å². The fourth-order valence-electron chi connectivity index (χ4n) is 3.65. The van der Waals surface area contributed by atoms with Crippen molar-refractivity contribution < 1.29 is 4.79 Å². The van der Waals surface area contributed by atoms with Gasteiger partial charge in [-0.25, -0.2) is 15.0 Å². The summed E-state index contributed by atoms with van der Waals surface area (Å²) in [4.78, 5) is 29.9. The average Bonchev–Trinajstić information content (AvgIpc) is 3.21. The molecule has 0 spiro atoms. The molecule has 146 valence electrons. The van der Waals surface area contributed by atoms with Crippen molar-refractivity contribution >= 4 is 33.3 Å². The van der Waals surface area contributed by atoms with E-state index in [1.165, 1.54) is 10.3 Å². The number of nitrogens with zero attached hydrogens (tertiary/aromatic N) is 5. The van der Waals surface area contributed by atoms with Crippen LogP contribution in [-0.2, 0) is 0 Å². The van der Waals surface area contributed by atoms with Crippen LogP contribution in [0.15, 0.2) is 36.1 Å². The number of hydrogen-bond acceptors (Lipinski definition) is 7. The molecule has 1 atom stereocenters. The van der Waals surface area contributed by atoms with Gasteiger partial charge in [-0.3, -0.25) is 9.69 Å². The first kappa shape index (κ1) is 19.0. The topological polar surface area (TPSA) is 62.2 Å². The number of benzene rings is 1. The van der Waals surface area contributed by atoms with Crippen molar-refractivity contribution in [3.8, 4) is 0 Å². The Labute approximate surface area is 169 Å². The van der Waals surface area contributed by atoms with Crippen LogP contribution in [0.1, 0.15) is 48.7 Å². The van der Waals surface area contributed by atoms with E-state index in [0.29, 0.717) is 24.0 Å². The summed E-state index contributed by atoms with van der Waals surface area (Å²) in [6.07, 6.45) is 4.72. The normalized spacial score (nSPS) is 16.4. The lowest BCUT2D eigenvalue weighted by Crippen LogP contribution is -2.47. The number of fused-ring (bicyclic) bond motifs is 1. The van der Waals surface area contributed by atoms with E-state index in [9.17, 15) is 4.79 Å². The molecule has 1 fully saturated rings. The third kappa shape index (κ3) is 3.91. The molecule has 4 rings (SSSR count). The Hall–Kier alpha value is -2.38. The van der Waals surface area contributed by atoms with Gasteiger partial charge in [0.05, 0.1) is 21.3 Å². The number of hydrogen-bond donors (Lipinski definition) is 0. The van der Waals surface area contributed by atoms with Crippen LogP contribution < -0.4 is 4.90 Å². The van der Waals surface area contributed by atoms with Crippen molar-refractivity contribution in [2.45, 2.75) is 32.7 Å². The van der Waals surface area contributed by atoms with Crippen LogP contribution in [0.25, 0.3) is 10.2 Å². The molecule has 1 unspecified atom stereocenters. The Morgan fingerprint density at radius 2 is 1.89 bits per heavy atom. The highest BCUT2D eigenvalue weighted by Gasteiger charge is 2.24. The van der Waals surface area contributed by atoms with E-state index >= 15 is 0 Å². The number of anilines is 1. The zero-order valence-corrected chi connectivity index (χ0v) is 17.2. The van der Waals surface area contributed by atoms with E-state index < -0.39 is 0 Å². The molecule has 0 amide bonds. The first-order valence-corrected chi connectivity index (χ1v) is 10.7. The molecule has 28 heavy (non-hydrogen) atoms. The minimum atomic E-state index is 0.116. The lowest BCUT2D eigenvalue weighted by molar-refractivity contribution is 0.0981. The molecule has 1 aliphatic rings. The largest absolute Gasteiger partial charge is 0.338 e. The number of rotatable bonds is 6. The molecule has 1 saturated heterocycles. The molecule has 3 heterocycles. The molecule has 1 aliphatic heterocycles. The van der Waals surface area contributed by atoms with Gasteiger partial charge < -0.3 is 4.90 Å². The lowest BCUT2D eigenvalue weighted by Gasteiger charge is -2.38. The number of thiazole rings is 1. The monoisotopic (exact) mass is 395 g/mol. The Balaban J connectivity index is 1.38. The van der Waals surface area contributed by atoms with Crippen LogP contribution in [-0.4, -0.2) is 51.8 Å². The van der Waals surface area contributed by atoms with Gasteiger partial charge in [0, 0.05) is 51.0 Å². The zero-order valence-electron chi connectivity index (χ0n) is 16.3. The Morgan fingerprint density at radius 3 is 2.61 bits per heavy atom. The van der Waals surface area contributed by atoms with Crippen molar-refractivity contribution in [1.82, 2.24) is 19.9 Å². The highest BCUT2D eigenvalue weighted by Crippen LogP contribution is 2.27. The van der Waals surface area contributed by atoms with Crippen LogP contribution in [0.3, 0.4) is 0 Å². The molecule has 1 aromatic carbocycles. The summed E-state index contributed by atoms with van der Waals surface area (Å²) in [7, 11) is 0. The highest BCUT2D eigenvalue weighted by molar-refractivity contribution is 7.16. The van der Waals surface area contributed by atoms with Crippen molar-refractivity contribution in [2.75, 3.05) is 31.1 Å². The van der Waals surface area contributed by atoms with E-state index in [2.05, 4.69) is 49.9 Å². The summed E-state index contributed by atoms with van der Waals surface area (Å²) in [5.74, 6) is 0.828. The predicted octanol–water partition coefficient (Wildman–Crippen LogP) is 3.95. The summed E-state index contributed by atoms with van der Waals surface area (Å²) in [6.45, 7) is 7.93. The molecule has 0 N–H and O–H groups in total. The molecule has 2 aromatic heterocycles. The van der Waals surface area contributed by atoms with Gasteiger partial charge in [0.25, 0.3) is 0 Å². The fourth-order valence-corrected chi connectivity index (χ4v) is 4.31. The number of piperazine rings is 1. The fraction of sp³-hybridized carbons (Fsp3) is 0.429. The molecule has 6 nitrogen and oxygen atoms in total. The Bertz CT molecular complexity index is 947. The quantitative estimate of drug-likeness (QED) is 0.589. The second-order valence-corrected chi connectivity index (χ2v) is 8.11. The van der Waals surface area contributed by atoms with Gasteiger partial charge in [-0.1, -0.05) is 13.0 Å². The Morgan fingerprint density at radius 1 is 1.14 bits per heavy atom. The maximum absolute atomic E-state index is 11.9. The van der Waals surface area contributed by atoms with Crippen LogP contribution in [0.4, 0.5) is 5.95 Å². The van der Waals surface area contributed by atoms with E-state index in [4.69, 9.17) is 0 Å². The first-order valence-electron chi connectivity index (χ1n) is 9.83. The molecule has 7 heteroatoms. The van der Waals surface area contributed by atoms with Gasteiger partial charge in [-0.05, 0) is 31.0 Å². The van der Waals surface area contributed by atoms with Crippen LogP contribution in [0.5, 0.6) is 0 Å². The van der Waals surface area contributed by atoms with E-state index in [1.807, 2.05) is 12.4 Å². The highest BCUT2D eigenvalue weighted by atomic mass is 32.1. The van der Waals surface area contributed by atoms with Gasteiger partial charge >= 0.3 is 0 Å². The lowest BCUT2D eigenvalue weighted by atomic mass is 10.1. The van der Waals surface area contributed by atoms with Crippen LogP contribution >= 0.6 is 11.3 Å². The maximum Gasteiger partial charge on any atom is 0.225 e. The zero-order chi connectivity index (χ0) is 19.5. The summed E-state index contributed by atoms with van der Waals surface area (Å²) < 4.78 is 1.23. The smallest absolute Gasteiger partial charge is 0.225 e. The van der Waals surface area contributed by atoms with Gasteiger partial charge in [-0.2, -0.15) is 0 Å². The van der Waals surface area contributed by atoms with Crippen molar-refractivity contribution in [2.24, 2.45) is 0 Å². The van der Waals surface area contributed by atoms with Crippen molar-refractivity contribution in [1.29, 1.82) is 0 Å². The third-order valence-electron chi connectivity index (χ3n) is 5.42. The van der Waals surface area contributed by atoms with Gasteiger partial charge in [0.2, 0.25) is 5.95 Å². The molecule has 0 saturated carbocycles. The van der Waals surface area contributed by atoms with Crippen LogP contribution in [0.2, 0.25) is 0 Å². The molecular formula is C21H25N5OS. The Kier molecular flexibility index (Phi) is 5.64. The van der Waals surface area contributed by atoms with Gasteiger partial charge in [0.1, 0.15) is 0 Å². The second kappa shape index (κ2) is 8.32. The van der Waals surface area contributed by atoms with E-state index in [1.54, 1.807) is 23.7 Å². The molecular weight excluding hydrogens is 370 g/mol. The predicted molar refractivity (Wildman–Crippen MR) is 113 cm³/mol. The number of carbonyl (C=O) groups excluding carboxylic acids is 1. The molecule has 0 radical (unpaired) electrons. The van der Waals surface area contributed by atoms with Crippen LogP contribution in [0, 0.1) is 0 Å². The molecule has 0 bridgehead atoms. The summed E-state index contributed by atoms with van der Waals surface area (Å²) in [6, 6.07) is 6.94. The SMILES string of the molecule is CCCC(=O)c1cnc(N2CCN(C(C)c3ccc4scnc4c3)CC2)nc1. The van der Waals surface area contributed by atoms with Crippen molar-refractivity contribution in [3.63, 3.8) is 0 Å².